The van der Waals surface area contributed by atoms with E-state index in [-0.39, 0.29) is 5.25 Å². The van der Waals surface area contributed by atoms with Crippen LogP contribution in [0.5, 0.6) is 0 Å². The number of nitrogens with zero attached hydrogens (tertiary/aromatic N) is 1. The maximum atomic E-state index is 11.7. The van der Waals surface area contributed by atoms with Crippen LogP contribution < -0.4 is 5.32 Å². The minimum absolute atomic E-state index is 0.246. The maximum absolute atomic E-state index is 11.7. The highest BCUT2D eigenvalue weighted by molar-refractivity contribution is 7.92. The summed E-state index contributed by atoms with van der Waals surface area (Å²) in [5.74, 6) is 0.333. The number of benzene rings is 1. The molecule has 1 fully saturated rings. The highest BCUT2D eigenvalue weighted by Crippen LogP contribution is 2.26. The van der Waals surface area contributed by atoms with Crippen LogP contribution in [0.15, 0.2) is 24.3 Å². The zero-order valence-corrected chi connectivity index (χ0v) is 11.4. The number of aromatic nitrogens is 1. The Morgan fingerprint density at radius 2 is 2.22 bits per heavy atom. The molecule has 0 saturated carbocycles. The molecule has 0 aliphatic carbocycles. The third kappa shape index (κ3) is 2.22. The molecule has 1 aromatic carbocycles. The highest BCUT2D eigenvalue weighted by Gasteiger charge is 2.30. The van der Waals surface area contributed by atoms with Gasteiger partial charge >= 0.3 is 0 Å². The predicted molar refractivity (Wildman–Crippen MR) is 74.9 cm³/mol. The third-order valence-corrected chi connectivity index (χ3v) is 6.51. The van der Waals surface area contributed by atoms with Crippen LogP contribution >= 0.6 is 11.3 Å². The van der Waals surface area contributed by atoms with Gasteiger partial charge in [-0.2, -0.15) is 0 Å². The van der Waals surface area contributed by atoms with Crippen molar-refractivity contribution in [2.75, 3.05) is 17.6 Å². The Morgan fingerprint density at radius 1 is 1.39 bits per heavy atom. The Hall–Kier alpha value is -1.14. The Morgan fingerprint density at radius 3 is 2.94 bits per heavy atom. The molecule has 1 atom stereocenters. The number of thiazole rings is 1. The van der Waals surface area contributed by atoms with Crippen LogP contribution in [0, 0.1) is 0 Å². The van der Waals surface area contributed by atoms with Gasteiger partial charge in [0.25, 0.3) is 0 Å². The van der Waals surface area contributed by atoms with Crippen molar-refractivity contribution in [3.63, 3.8) is 0 Å². The Bertz CT molecular complexity index is 631. The van der Waals surface area contributed by atoms with Crippen LogP contribution in [0.4, 0.5) is 5.13 Å². The Balaban J connectivity index is 1.73. The van der Waals surface area contributed by atoms with Gasteiger partial charge in [0.1, 0.15) is 0 Å². The molecule has 3 rings (SSSR count). The molecule has 1 N–H and O–H groups in total. The van der Waals surface area contributed by atoms with Crippen molar-refractivity contribution in [3.05, 3.63) is 24.3 Å². The number of para-hydroxylation sites is 1. The van der Waals surface area contributed by atoms with Gasteiger partial charge in [0, 0.05) is 6.54 Å². The summed E-state index contributed by atoms with van der Waals surface area (Å²) in [5.41, 5.74) is 0.958. The van der Waals surface area contributed by atoms with Crippen molar-refractivity contribution < 1.29 is 8.42 Å². The second-order valence-electron chi connectivity index (χ2n) is 4.50. The summed E-state index contributed by atoms with van der Waals surface area (Å²) in [4.78, 5) is 4.43. The zero-order chi connectivity index (χ0) is 12.6. The van der Waals surface area contributed by atoms with Gasteiger partial charge in [-0.25, -0.2) is 13.4 Å². The first-order chi connectivity index (χ1) is 8.65. The van der Waals surface area contributed by atoms with Gasteiger partial charge in [-0.05, 0) is 25.0 Å². The molecular weight excluding hydrogens is 268 g/mol. The van der Waals surface area contributed by atoms with Crippen molar-refractivity contribution in [1.29, 1.82) is 0 Å². The van der Waals surface area contributed by atoms with E-state index in [1.165, 1.54) is 0 Å². The first-order valence-corrected chi connectivity index (χ1v) is 8.49. The number of fused-ring (bicyclic) bond motifs is 1. The van der Waals surface area contributed by atoms with Gasteiger partial charge in [0.05, 0.1) is 21.2 Å². The summed E-state index contributed by atoms with van der Waals surface area (Å²) in [6, 6.07) is 7.91. The van der Waals surface area contributed by atoms with E-state index in [1.54, 1.807) is 11.3 Å². The van der Waals surface area contributed by atoms with Crippen molar-refractivity contribution in [1.82, 2.24) is 4.98 Å². The normalized spacial score (nSPS) is 22.3. The van der Waals surface area contributed by atoms with Crippen LogP contribution in [0.25, 0.3) is 10.2 Å². The Kier molecular flexibility index (Phi) is 2.99. The molecule has 1 saturated heterocycles. The highest BCUT2D eigenvalue weighted by atomic mass is 32.2. The molecule has 2 heterocycles. The largest absolute Gasteiger partial charge is 0.360 e. The number of nitrogens with one attached hydrogen (secondary N) is 1. The molecular formula is C12H14N2O2S2. The van der Waals surface area contributed by atoms with Crippen LogP contribution in [-0.2, 0) is 9.84 Å². The van der Waals surface area contributed by atoms with E-state index >= 15 is 0 Å². The summed E-state index contributed by atoms with van der Waals surface area (Å²) in [5, 5.41) is 3.72. The van der Waals surface area contributed by atoms with Gasteiger partial charge < -0.3 is 5.32 Å². The van der Waals surface area contributed by atoms with Crippen molar-refractivity contribution in [2.45, 2.75) is 18.1 Å². The molecule has 1 aromatic heterocycles. The van der Waals surface area contributed by atoms with Crippen molar-refractivity contribution in [3.8, 4) is 0 Å². The van der Waals surface area contributed by atoms with Crippen LogP contribution in [-0.4, -0.2) is 30.9 Å². The van der Waals surface area contributed by atoms with Gasteiger partial charge in [0.15, 0.2) is 15.0 Å². The fraction of sp³-hybridized carbons (Fsp3) is 0.417. The topological polar surface area (TPSA) is 59.1 Å². The number of hydrogen-bond acceptors (Lipinski definition) is 5. The number of anilines is 1. The van der Waals surface area contributed by atoms with Gasteiger partial charge in [-0.1, -0.05) is 23.5 Å². The molecule has 2 aromatic rings. The summed E-state index contributed by atoms with van der Waals surface area (Å²) >= 11 is 1.56. The van der Waals surface area contributed by atoms with Gasteiger partial charge in [0.2, 0.25) is 0 Å². The molecule has 96 valence electrons. The quantitative estimate of drug-likeness (QED) is 0.938. The lowest BCUT2D eigenvalue weighted by molar-refractivity contribution is 0.591. The Labute approximate surface area is 110 Å². The summed E-state index contributed by atoms with van der Waals surface area (Å²) in [6.07, 6.45) is 1.55. The maximum Gasteiger partial charge on any atom is 0.183 e. The lowest BCUT2D eigenvalue weighted by Gasteiger charge is -2.09. The smallest absolute Gasteiger partial charge is 0.183 e. The minimum Gasteiger partial charge on any atom is -0.360 e. The van der Waals surface area contributed by atoms with E-state index in [0.29, 0.717) is 12.3 Å². The standard InChI is InChI=1S/C12H14N2O2S2/c15-18(16)7-3-4-9(18)8-13-12-14-10-5-1-2-6-11(10)17-12/h1-2,5-6,9H,3-4,7-8H2,(H,13,14). The predicted octanol–water partition coefficient (Wildman–Crippen LogP) is 2.29. The number of hydrogen-bond donors (Lipinski definition) is 1. The molecule has 6 heteroatoms. The van der Waals surface area contributed by atoms with Gasteiger partial charge in [-0.15, -0.1) is 0 Å². The zero-order valence-electron chi connectivity index (χ0n) is 9.80. The third-order valence-electron chi connectivity index (χ3n) is 3.24. The molecule has 0 spiro atoms. The lowest BCUT2D eigenvalue weighted by Crippen LogP contribution is -2.24. The lowest BCUT2D eigenvalue weighted by atomic mass is 10.2. The molecule has 18 heavy (non-hydrogen) atoms. The minimum atomic E-state index is -2.87. The van der Waals surface area contributed by atoms with Gasteiger partial charge in [-0.3, -0.25) is 0 Å². The fourth-order valence-corrected chi connectivity index (χ4v) is 4.87. The van der Waals surface area contributed by atoms with Crippen LogP contribution in [0.2, 0.25) is 0 Å². The second kappa shape index (κ2) is 4.51. The summed E-state index contributed by atoms with van der Waals surface area (Å²) in [6.45, 7) is 0.474. The van der Waals surface area contributed by atoms with Crippen molar-refractivity contribution in [2.24, 2.45) is 0 Å². The average Bonchev–Trinajstić information content (AvgIpc) is 2.89. The molecule has 4 nitrogen and oxygen atoms in total. The van der Waals surface area contributed by atoms with Crippen LogP contribution in [0.3, 0.4) is 0 Å². The molecule has 0 radical (unpaired) electrons. The first kappa shape index (κ1) is 11.9. The number of sulfone groups is 1. The van der Waals surface area contributed by atoms with E-state index < -0.39 is 9.84 Å². The average molecular weight is 282 g/mol. The molecule has 1 aliphatic rings. The first-order valence-electron chi connectivity index (χ1n) is 5.96. The summed E-state index contributed by atoms with van der Waals surface area (Å²) < 4.78 is 24.5. The van der Waals surface area contributed by atoms with E-state index in [2.05, 4.69) is 10.3 Å². The summed E-state index contributed by atoms with van der Waals surface area (Å²) in [7, 11) is -2.87. The number of rotatable bonds is 3. The molecule has 1 aliphatic heterocycles. The molecule has 1 unspecified atom stereocenters. The SMILES string of the molecule is O=S1(=O)CCCC1CNc1nc2ccccc2s1. The van der Waals surface area contributed by atoms with Crippen LogP contribution in [0.1, 0.15) is 12.8 Å². The second-order valence-corrected chi connectivity index (χ2v) is 7.93. The van der Waals surface area contributed by atoms with Crippen molar-refractivity contribution >= 4 is 36.5 Å². The molecule has 0 amide bonds. The fourth-order valence-electron chi connectivity index (χ4n) is 2.24. The molecule has 0 bridgehead atoms. The van der Waals surface area contributed by atoms with E-state index in [9.17, 15) is 8.42 Å². The van der Waals surface area contributed by atoms with E-state index in [0.717, 1.165) is 28.2 Å². The van der Waals surface area contributed by atoms with E-state index in [1.807, 2.05) is 24.3 Å². The van der Waals surface area contributed by atoms with E-state index in [4.69, 9.17) is 0 Å². The monoisotopic (exact) mass is 282 g/mol.